The van der Waals surface area contributed by atoms with Gasteiger partial charge in [0.2, 0.25) is 5.75 Å². The average Bonchev–Trinajstić information content (AvgIpc) is 2.62. The summed E-state index contributed by atoms with van der Waals surface area (Å²) in [7, 11) is 0. The minimum Gasteiger partial charge on any atom is -0.490 e. The summed E-state index contributed by atoms with van der Waals surface area (Å²) in [5.41, 5.74) is 2.36. The predicted octanol–water partition coefficient (Wildman–Crippen LogP) is 6.44. The molecule has 2 aromatic rings. The Kier molecular flexibility index (Phi) is 8.58. The topological polar surface area (TPSA) is 57.9 Å². The molecule has 5 heteroatoms. The standard InChI is InChI=1S/C25H34O5/c1-16(2)10-8-11-19(7)14-15-27-24-23(29-18(5)6)22-20(28-17(3)4)12-9-13-21(22)30-25(24)26/h9-10,12-14,17-18H,8,11,15H2,1-7H3/b19-14+. The Labute approximate surface area is 179 Å². The summed E-state index contributed by atoms with van der Waals surface area (Å²) in [6, 6.07) is 5.36. The molecule has 5 nitrogen and oxygen atoms in total. The van der Waals surface area contributed by atoms with Crippen molar-refractivity contribution in [3.05, 3.63) is 51.9 Å². The van der Waals surface area contributed by atoms with Crippen LogP contribution in [0.4, 0.5) is 0 Å². The largest absolute Gasteiger partial charge is 0.490 e. The van der Waals surface area contributed by atoms with E-state index in [2.05, 4.69) is 26.8 Å². The van der Waals surface area contributed by atoms with Crippen molar-refractivity contribution in [2.24, 2.45) is 0 Å². The first-order chi connectivity index (χ1) is 14.2. The number of rotatable bonds is 10. The van der Waals surface area contributed by atoms with Crippen LogP contribution in [0.3, 0.4) is 0 Å². The molecule has 0 bridgehead atoms. The zero-order valence-electron chi connectivity index (χ0n) is 19.2. The summed E-state index contributed by atoms with van der Waals surface area (Å²) < 4.78 is 23.3. The number of allylic oxidation sites excluding steroid dienone is 3. The Bertz CT molecular complexity index is 959. The fourth-order valence-corrected chi connectivity index (χ4v) is 2.95. The minimum absolute atomic E-state index is 0.0369. The summed E-state index contributed by atoms with van der Waals surface area (Å²) >= 11 is 0. The number of fused-ring (bicyclic) bond motifs is 1. The Hall–Kier alpha value is -2.69. The van der Waals surface area contributed by atoms with E-state index < -0.39 is 5.63 Å². The fourth-order valence-electron chi connectivity index (χ4n) is 2.95. The van der Waals surface area contributed by atoms with Gasteiger partial charge < -0.3 is 18.6 Å². The first kappa shape index (κ1) is 23.6. The SMILES string of the molecule is CC(C)=CCC/C(C)=C/COc1c(OC(C)C)c2c(OC(C)C)cccc2oc1=O. The second-order valence-corrected chi connectivity index (χ2v) is 8.19. The molecule has 1 heterocycles. The molecular formula is C25H34O5. The van der Waals surface area contributed by atoms with Crippen LogP contribution in [-0.2, 0) is 0 Å². The second kappa shape index (κ2) is 10.9. The third kappa shape index (κ3) is 6.68. The number of hydrogen-bond donors (Lipinski definition) is 0. The van der Waals surface area contributed by atoms with E-state index in [1.54, 1.807) is 12.1 Å². The first-order valence-corrected chi connectivity index (χ1v) is 10.5. The lowest BCUT2D eigenvalue weighted by atomic mass is 10.1. The highest BCUT2D eigenvalue weighted by atomic mass is 16.5. The number of hydrogen-bond acceptors (Lipinski definition) is 5. The zero-order valence-corrected chi connectivity index (χ0v) is 19.2. The molecule has 0 saturated heterocycles. The molecule has 0 aliphatic carbocycles. The van der Waals surface area contributed by atoms with Crippen molar-refractivity contribution in [3.8, 4) is 17.2 Å². The van der Waals surface area contributed by atoms with Crippen molar-refractivity contribution in [1.82, 2.24) is 0 Å². The Balaban J connectivity index is 2.39. The lowest BCUT2D eigenvalue weighted by Gasteiger charge is -2.18. The Morgan fingerprint density at radius 3 is 2.33 bits per heavy atom. The predicted molar refractivity (Wildman–Crippen MR) is 122 cm³/mol. The fraction of sp³-hybridized carbons (Fsp3) is 0.480. The molecule has 0 spiro atoms. The quantitative estimate of drug-likeness (QED) is 0.331. The van der Waals surface area contributed by atoms with Gasteiger partial charge in [-0.05, 0) is 79.5 Å². The summed E-state index contributed by atoms with van der Waals surface area (Å²) in [6.45, 7) is 14.2. The van der Waals surface area contributed by atoms with E-state index in [0.717, 1.165) is 12.8 Å². The third-order valence-electron chi connectivity index (χ3n) is 4.28. The maximum Gasteiger partial charge on any atom is 0.383 e. The van der Waals surface area contributed by atoms with Crippen LogP contribution in [0.2, 0.25) is 0 Å². The van der Waals surface area contributed by atoms with E-state index in [0.29, 0.717) is 22.5 Å². The van der Waals surface area contributed by atoms with Gasteiger partial charge in [0.05, 0.1) is 12.2 Å². The summed E-state index contributed by atoms with van der Waals surface area (Å²) in [5.74, 6) is 1.03. The van der Waals surface area contributed by atoms with Gasteiger partial charge in [0.1, 0.15) is 23.3 Å². The van der Waals surface area contributed by atoms with Gasteiger partial charge in [0.25, 0.3) is 0 Å². The summed E-state index contributed by atoms with van der Waals surface area (Å²) in [4.78, 5) is 12.7. The van der Waals surface area contributed by atoms with Crippen molar-refractivity contribution in [1.29, 1.82) is 0 Å². The molecule has 0 N–H and O–H groups in total. The van der Waals surface area contributed by atoms with Gasteiger partial charge in [-0.25, -0.2) is 4.79 Å². The van der Waals surface area contributed by atoms with Crippen LogP contribution in [0.15, 0.2) is 50.7 Å². The molecule has 0 saturated carbocycles. The third-order valence-corrected chi connectivity index (χ3v) is 4.28. The smallest absolute Gasteiger partial charge is 0.383 e. The lowest BCUT2D eigenvalue weighted by Crippen LogP contribution is -2.15. The van der Waals surface area contributed by atoms with Crippen LogP contribution < -0.4 is 19.8 Å². The molecule has 0 aliphatic heterocycles. The average molecular weight is 415 g/mol. The van der Waals surface area contributed by atoms with Gasteiger partial charge >= 0.3 is 5.63 Å². The van der Waals surface area contributed by atoms with Crippen LogP contribution in [-0.4, -0.2) is 18.8 Å². The molecule has 0 fully saturated rings. The molecule has 2 rings (SSSR count). The van der Waals surface area contributed by atoms with Gasteiger partial charge in [-0.1, -0.05) is 23.3 Å². The highest BCUT2D eigenvalue weighted by Gasteiger charge is 2.22. The van der Waals surface area contributed by atoms with Crippen molar-refractivity contribution in [2.75, 3.05) is 6.61 Å². The highest BCUT2D eigenvalue weighted by molar-refractivity contribution is 5.91. The van der Waals surface area contributed by atoms with Gasteiger partial charge in [-0.2, -0.15) is 0 Å². The van der Waals surface area contributed by atoms with Crippen molar-refractivity contribution in [3.63, 3.8) is 0 Å². The van der Waals surface area contributed by atoms with Crippen molar-refractivity contribution in [2.45, 2.75) is 73.5 Å². The normalized spacial score (nSPS) is 11.8. The maximum absolute atomic E-state index is 12.7. The minimum atomic E-state index is -0.560. The lowest BCUT2D eigenvalue weighted by molar-refractivity contribution is 0.220. The summed E-state index contributed by atoms with van der Waals surface area (Å²) in [6.07, 6.45) is 5.94. The van der Waals surface area contributed by atoms with E-state index in [1.165, 1.54) is 11.1 Å². The van der Waals surface area contributed by atoms with Crippen LogP contribution in [0, 0.1) is 0 Å². The van der Waals surface area contributed by atoms with Crippen LogP contribution in [0.25, 0.3) is 11.0 Å². The van der Waals surface area contributed by atoms with Gasteiger partial charge in [-0.15, -0.1) is 0 Å². The summed E-state index contributed by atoms with van der Waals surface area (Å²) in [5, 5.41) is 0.610. The van der Waals surface area contributed by atoms with Gasteiger partial charge in [-0.3, -0.25) is 0 Å². The number of benzene rings is 1. The first-order valence-electron chi connectivity index (χ1n) is 10.5. The molecule has 0 unspecified atom stereocenters. The molecule has 1 aromatic carbocycles. The van der Waals surface area contributed by atoms with Crippen molar-refractivity contribution >= 4 is 11.0 Å². The molecule has 1 aromatic heterocycles. The van der Waals surface area contributed by atoms with E-state index in [9.17, 15) is 4.79 Å². The van der Waals surface area contributed by atoms with Gasteiger partial charge in [0.15, 0.2) is 5.75 Å². The maximum atomic E-state index is 12.7. The molecular weight excluding hydrogens is 380 g/mol. The van der Waals surface area contributed by atoms with E-state index >= 15 is 0 Å². The van der Waals surface area contributed by atoms with Crippen molar-refractivity contribution < 1.29 is 18.6 Å². The number of ether oxygens (including phenoxy) is 3. The van der Waals surface area contributed by atoms with Crippen LogP contribution in [0.1, 0.15) is 61.3 Å². The van der Waals surface area contributed by atoms with E-state index in [1.807, 2.05) is 39.8 Å². The van der Waals surface area contributed by atoms with Crippen LogP contribution in [0.5, 0.6) is 17.2 Å². The van der Waals surface area contributed by atoms with Crippen LogP contribution >= 0.6 is 0 Å². The monoisotopic (exact) mass is 414 g/mol. The zero-order chi connectivity index (χ0) is 22.3. The van der Waals surface area contributed by atoms with E-state index in [4.69, 9.17) is 18.6 Å². The molecule has 0 radical (unpaired) electrons. The molecule has 0 aliphatic rings. The van der Waals surface area contributed by atoms with Gasteiger partial charge in [0, 0.05) is 0 Å². The van der Waals surface area contributed by atoms with E-state index in [-0.39, 0.29) is 24.6 Å². The molecule has 164 valence electrons. The molecule has 0 amide bonds. The Morgan fingerprint density at radius 2 is 1.70 bits per heavy atom. The molecule has 30 heavy (non-hydrogen) atoms. The highest BCUT2D eigenvalue weighted by Crippen LogP contribution is 2.39. The second-order valence-electron chi connectivity index (χ2n) is 8.19. The Morgan fingerprint density at radius 1 is 1.00 bits per heavy atom. The molecule has 0 atom stereocenters.